The van der Waals surface area contributed by atoms with Gasteiger partial charge in [-0.3, -0.25) is 9.59 Å². The van der Waals surface area contributed by atoms with Gasteiger partial charge in [-0.15, -0.1) is 0 Å². The fraction of sp³-hybridized carbons (Fsp3) is 0.897. The molecule has 0 aromatic heterocycles. The summed E-state index contributed by atoms with van der Waals surface area (Å²) in [5.41, 5.74) is 0. The Kier molecular flexibility index (Phi) is 62.9. The van der Waals surface area contributed by atoms with E-state index in [1.165, 1.54) is 283 Å². The minimum Gasteiger partial charge on any atom is -0.454 e. The van der Waals surface area contributed by atoms with Crippen LogP contribution >= 0.6 is 0 Å². The van der Waals surface area contributed by atoms with Crippen LogP contribution in [-0.4, -0.2) is 99.6 Å². The highest BCUT2D eigenvalue weighted by atomic mass is 16.7. The Morgan fingerprint density at radius 3 is 1.09 bits per heavy atom. The molecule has 1 aliphatic rings. The number of nitrogens with one attached hydrogen (secondary N) is 1. The lowest BCUT2D eigenvalue weighted by atomic mass is 9.99. The molecule has 1 fully saturated rings. The van der Waals surface area contributed by atoms with Crippen molar-refractivity contribution in [2.24, 2.45) is 0 Å². The minimum absolute atomic E-state index is 0.128. The molecule has 1 amide bonds. The smallest absolute Gasteiger partial charge is 0.306 e. The van der Waals surface area contributed by atoms with Crippen LogP contribution in [0.3, 0.4) is 0 Å². The Morgan fingerprint density at radius 1 is 0.427 bits per heavy atom. The Bertz CT molecular complexity index is 1590. The minimum atomic E-state index is -1.61. The average molecular weight is 1260 g/mol. The summed E-state index contributed by atoms with van der Waals surface area (Å²) in [6.07, 6.45) is 72.1. The summed E-state index contributed by atoms with van der Waals surface area (Å²) < 4.78 is 17.7. The van der Waals surface area contributed by atoms with Crippen LogP contribution in [0.4, 0.5) is 0 Å². The summed E-state index contributed by atoms with van der Waals surface area (Å²) in [5.74, 6) is -1.18. The van der Waals surface area contributed by atoms with E-state index in [1.54, 1.807) is 6.08 Å². The number of amides is 1. The zero-order valence-corrected chi connectivity index (χ0v) is 58.6. The second kappa shape index (κ2) is 65.9. The maximum Gasteiger partial charge on any atom is 0.306 e. The number of aliphatic hydroxyl groups is 5. The van der Waals surface area contributed by atoms with Crippen LogP contribution in [0.5, 0.6) is 0 Å². The molecule has 524 valence electrons. The van der Waals surface area contributed by atoms with Crippen molar-refractivity contribution in [1.29, 1.82) is 0 Å². The number of aliphatic hydroxyl groups excluding tert-OH is 5. The molecule has 11 heteroatoms. The molecule has 0 aromatic rings. The molecular weight excluding hydrogens is 1110 g/mol. The standard InChI is InChI=1S/C78H147NO10/c1-4-7-10-13-16-19-22-24-26-28-30-32-34-35-36-38-39-41-43-45-47-50-53-56-59-62-65-71(82)77(86)79-69(70(81)64-61-58-55-52-49-21-18-15-12-9-6-3)68-87-78-76(75(85)74(84)72(67-80)88-78)89-73(83)66-63-60-57-54-51-48-46-44-42-40-37-33-31-29-27-25-23-20-17-14-11-8-5-2/h24-27,61,64,69-72,74-76,78,80-82,84-85H,4-23,28-60,62-63,65-68H2,1-3H3,(H,79,86)/b26-24+,27-25+,64-61+. The summed E-state index contributed by atoms with van der Waals surface area (Å²) in [6.45, 7) is 5.84. The van der Waals surface area contributed by atoms with Crippen LogP contribution < -0.4 is 5.32 Å². The second-order valence-corrected chi connectivity index (χ2v) is 27.1. The zero-order valence-electron chi connectivity index (χ0n) is 58.6. The van der Waals surface area contributed by atoms with Gasteiger partial charge in [0.1, 0.15) is 24.4 Å². The first-order valence-electron chi connectivity index (χ1n) is 38.8. The molecule has 8 atom stereocenters. The highest BCUT2D eigenvalue weighted by Gasteiger charge is 2.47. The number of rotatable bonds is 68. The molecule has 1 saturated heterocycles. The van der Waals surface area contributed by atoms with Crippen molar-refractivity contribution in [3.8, 4) is 0 Å². The third-order valence-corrected chi connectivity index (χ3v) is 18.5. The van der Waals surface area contributed by atoms with Crippen molar-refractivity contribution in [1.82, 2.24) is 5.32 Å². The molecule has 0 aliphatic carbocycles. The Labute approximate surface area is 549 Å². The molecule has 6 N–H and O–H groups in total. The van der Waals surface area contributed by atoms with Gasteiger partial charge in [0.25, 0.3) is 0 Å². The first kappa shape index (κ1) is 84.9. The van der Waals surface area contributed by atoms with E-state index in [4.69, 9.17) is 14.2 Å². The van der Waals surface area contributed by atoms with Gasteiger partial charge in [0.05, 0.1) is 25.4 Å². The summed E-state index contributed by atoms with van der Waals surface area (Å²) >= 11 is 0. The molecule has 0 aromatic carbocycles. The van der Waals surface area contributed by atoms with Crippen LogP contribution in [0.1, 0.15) is 387 Å². The lowest BCUT2D eigenvalue weighted by Crippen LogP contribution is -2.61. The number of carbonyl (C=O) groups excluding carboxylic acids is 2. The number of ether oxygens (including phenoxy) is 3. The van der Waals surface area contributed by atoms with Gasteiger partial charge < -0.3 is 45.1 Å². The van der Waals surface area contributed by atoms with E-state index >= 15 is 0 Å². The zero-order chi connectivity index (χ0) is 64.6. The molecule has 0 radical (unpaired) electrons. The predicted octanol–water partition coefficient (Wildman–Crippen LogP) is 20.5. The highest BCUT2D eigenvalue weighted by molar-refractivity contribution is 5.80. The largest absolute Gasteiger partial charge is 0.454 e. The van der Waals surface area contributed by atoms with E-state index < -0.39 is 67.4 Å². The van der Waals surface area contributed by atoms with Crippen LogP contribution in [0, 0.1) is 0 Å². The Balaban J connectivity index is 2.48. The van der Waals surface area contributed by atoms with E-state index in [2.05, 4.69) is 50.4 Å². The van der Waals surface area contributed by atoms with Crippen molar-refractivity contribution < 1.29 is 49.3 Å². The average Bonchev–Trinajstić information content (AvgIpc) is 2.45. The van der Waals surface area contributed by atoms with Crippen molar-refractivity contribution >= 4 is 11.9 Å². The van der Waals surface area contributed by atoms with Gasteiger partial charge in [-0.05, 0) is 77.0 Å². The van der Waals surface area contributed by atoms with Crippen molar-refractivity contribution in [2.45, 2.75) is 436 Å². The monoisotopic (exact) mass is 1260 g/mol. The van der Waals surface area contributed by atoms with Crippen LogP contribution in [0.15, 0.2) is 36.5 Å². The Hall–Kier alpha value is -2.12. The third kappa shape index (κ3) is 52.9. The molecular formula is C78H147NO10. The fourth-order valence-corrected chi connectivity index (χ4v) is 12.4. The number of unbranched alkanes of at least 4 members (excludes halogenated alkanes) is 50. The summed E-state index contributed by atoms with van der Waals surface area (Å²) in [5, 5.41) is 57.3. The fourth-order valence-electron chi connectivity index (χ4n) is 12.4. The third-order valence-electron chi connectivity index (χ3n) is 18.5. The van der Waals surface area contributed by atoms with E-state index in [0.29, 0.717) is 19.3 Å². The lowest BCUT2D eigenvalue weighted by molar-refractivity contribution is -0.305. The van der Waals surface area contributed by atoms with E-state index in [-0.39, 0.29) is 13.0 Å². The number of hydrogen-bond donors (Lipinski definition) is 6. The van der Waals surface area contributed by atoms with E-state index in [0.717, 1.165) is 57.8 Å². The lowest BCUT2D eigenvalue weighted by Gasteiger charge is -2.41. The number of hydrogen-bond acceptors (Lipinski definition) is 10. The van der Waals surface area contributed by atoms with Gasteiger partial charge in [0, 0.05) is 6.42 Å². The van der Waals surface area contributed by atoms with Gasteiger partial charge in [-0.2, -0.15) is 0 Å². The molecule has 89 heavy (non-hydrogen) atoms. The van der Waals surface area contributed by atoms with Gasteiger partial charge in [0.15, 0.2) is 12.4 Å². The molecule has 1 heterocycles. The highest BCUT2D eigenvalue weighted by Crippen LogP contribution is 2.27. The second-order valence-electron chi connectivity index (χ2n) is 27.1. The Morgan fingerprint density at radius 2 is 0.742 bits per heavy atom. The van der Waals surface area contributed by atoms with Crippen LogP contribution in [-0.2, 0) is 23.8 Å². The first-order chi connectivity index (χ1) is 43.7. The maximum atomic E-state index is 13.5. The normalized spacial score (nSPS) is 18.2. The van der Waals surface area contributed by atoms with Crippen LogP contribution in [0.25, 0.3) is 0 Å². The topological polar surface area (TPSA) is 175 Å². The number of carbonyl (C=O) groups is 2. The molecule has 0 spiro atoms. The van der Waals surface area contributed by atoms with Gasteiger partial charge in [-0.1, -0.05) is 340 Å². The predicted molar refractivity (Wildman–Crippen MR) is 375 cm³/mol. The van der Waals surface area contributed by atoms with Gasteiger partial charge >= 0.3 is 5.97 Å². The summed E-state index contributed by atoms with van der Waals surface area (Å²) in [7, 11) is 0. The number of allylic oxidation sites excluding steroid dienone is 5. The molecule has 0 bridgehead atoms. The van der Waals surface area contributed by atoms with Crippen molar-refractivity contribution in [3.05, 3.63) is 36.5 Å². The van der Waals surface area contributed by atoms with Crippen molar-refractivity contribution in [3.63, 3.8) is 0 Å². The summed E-state index contributed by atoms with van der Waals surface area (Å²) in [6, 6.07) is -1.02. The SMILES string of the molecule is CCCCCCCC/C=C/CCCCCCCCCCCCCCCCCCC(O)C(=O)NC(COC1OC(CO)C(O)C(O)C1OC(=O)CCCCCCCCCCCCCCC/C=C/CCCCCCCC)C(O)/C=C/CCCCCCCCCCC. The van der Waals surface area contributed by atoms with Crippen LogP contribution in [0.2, 0.25) is 0 Å². The van der Waals surface area contributed by atoms with Crippen molar-refractivity contribution in [2.75, 3.05) is 13.2 Å². The van der Waals surface area contributed by atoms with Gasteiger partial charge in [0.2, 0.25) is 5.91 Å². The molecule has 0 saturated carbocycles. The maximum absolute atomic E-state index is 13.5. The van der Waals surface area contributed by atoms with E-state index in [9.17, 15) is 35.1 Å². The van der Waals surface area contributed by atoms with E-state index in [1.807, 2.05) is 6.08 Å². The summed E-state index contributed by atoms with van der Waals surface area (Å²) in [4.78, 5) is 26.7. The first-order valence-corrected chi connectivity index (χ1v) is 38.8. The quantitative estimate of drug-likeness (QED) is 0.0195. The molecule has 11 nitrogen and oxygen atoms in total. The van der Waals surface area contributed by atoms with Gasteiger partial charge in [-0.25, -0.2) is 0 Å². The molecule has 8 unspecified atom stereocenters. The molecule has 1 rings (SSSR count). The number of esters is 1. The molecule has 1 aliphatic heterocycles.